The summed E-state index contributed by atoms with van der Waals surface area (Å²) in [6, 6.07) is 4.02. The van der Waals surface area contributed by atoms with Crippen molar-refractivity contribution in [1.82, 2.24) is 10.6 Å². The second-order valence-electron chi connectivity index (χ2n) is 6.77. The van der Waals surface area contributed by atoms with Crippen LogP contribution in [0, 0.1) is 5.82 Å². The maximum absolute atomic E-state index is 14.7. The maximum atomic E-state index is 14.7. The number of anilines is 1. The van der Waals surface area contributed by atoms with Crippen LogP contribution in [-0.2, 0) is 14.3 Å². The van der Waals surface area contributed by atoms with Gasteiger partial charge in [-0.25, -0.2) is 9.18 Å². The number of ketones is 1. The molecule has 1 saturated heterocycles. The first-order chi connectivity index (χ1) is 13.4. The molecule has 1 aromatic carbocycles. The molecule has 0 bridgehead atoms. The summed E-state index contributed by atoms with van der Waals surface area (Å²) in [5.74, 6) is -1.01. The van der Waals surface area contributed by atoms with Crippen molar-refractivity contribution in [3.8, 4) is 0 Å². The van der Waals surface area contributed by atoms with Crippen molar-refractivity contribution in [2.24, 2.45) is 0 Å². The fourth-order valence-electron chi connectivity index (χ4n) is 3.26. The number of halogens is 1. The lowest BCUT2D eigenvalue weighted by molar-refractivity contribution is -0.123. The van der Waals surface area contributed by atoms with Crippen molar-refractivity contribution in [1.29, 1.82) is 0 Å². The molecular weight excluding hydrogens is 369 g/mol. The number of hydrogen-bond donors (Lipinski definition) is 3. The molecule has 9 heteroatoms. The molecule has 0 aliphatic carbocycles. The van der Waals surface area contributed by atoms with E-state index in [1.165, 1.54) is 17.9 Å². The summed E-state index contributed by atoms with van der Waals surface area (Å²) in [6.45, 7) is 1.26. The minimum Gasteiger partial charge on any atom is -0.442 e. The molecule has 0 spiro atoms. The topological polar surface area (TPSA) is 108 Å². The molecule has 2 amide bonds. The first kappa shape index (κ1) is 19.8. The van der Waals surface area contributed by atoms with Gasteiger partial charge in [-0.05, 0) is 36.6 Å². The summed E-state index contributed by atoms with van der Waals surface area (Å²) in [5.41, 5.74) is 1.46. The third-order valence-electron chi connectivity index (χ3n) is 4.77. The first-order valence-corrected chi connectivity index (χ1v) is 9.00. The van der Waals surface area contributed by atoms with E-state index in [1.54, 1.807) is 18.3 Å². The summed E-state index contributed by atoms with van der Waals surface area (Å²) >= 11 is 0. The Kier molecular flexibility index (Phi) is 5.93. The number of nitrogens with zero attached hydrogens (tertiary/aromatic N) is 1. The number of hydrogen-bond acceptors (Lipinski definition) is 6. The average molecular weight is 391 g/mol. The molecule has 2 aliphatic heterocycles. The monoisotopic (exact) mass is 391 g/mol. The van der Waals surface area contributed by atoms with Gasteiger partial charge in [0.2, 0.25) is 5.91 Å². The van der Waals surface area contributed by atoms with Gasteiger partial charge in [0.05, 0.1) is 24.8 Å². The highest BCUT2D eigenvalue weighted by atomic mass is 19.1. The zero-order chi connectivity index (χ0) is 20.3. The van der Waals surface area contributed by atoms with Crippen molar-refractivity contribution in [3.63, 3.8) is 0 Å². The highest BCUT2D eigenvalue weighted by Gasteiger charge is 2.33. The van der Waals surface area contributed by atoms with Crippen molar-refractivity contribution < 1.29 is 28.6 Å². The number of aliphatic hydroxyl groups excluding tert-OH is 1. The Labute approximate surface area is 161 Å². The number of cyclic esters (lactones) is 1. The molecule has 1 aromatic rings. The summed E-state index contributed by atoms with van der Waals surface area (Å²) in [6.07, 6.45) is 1.46. The number of ether oxygens (including phenoxy) is 1. The summed E-state index contributed by atoms with van der Waals surface area (Å²) in [4.78, 5) is 35.9. The van der Waals surface area contributed by atoms with Gasteiger partial charge in [-0.1, -0.05) is 0 Å². The Bertz CT molecular complexity index is 826. The van der Waals surface area contributed by atoms with Crippen LogP contribution in [0.5, 0.6) is 0 Å². The van der Waals surface area contributed by atoms with Gasteiger partial charge >= 0.3 is 6.09 Å². The molecule has 3 N–H and O–H groups in total. The Morgan fingerprint density at radius 3 is 2.82 bits per heavy atom. The lowest BCUT2D eigenvalue weighted by Crippen LogP contribution is -2.37. The number of Topliss-reactive ketones (excluding diaryl/α,β-unsaturated/α-hetero) is 1. The lowest BCUT2D eigenvalue weighted by Gasteiger charge is -2.23. The normalized spacial score (nSPS) is 21.6. The molecule has 2 atom stereocenters. The summed E-state index contributed by atoms with van der Waals surface area (Å²) in [5, 5.41) is 14.4. The van der Waals surface area contributed by atoms with Crippen LogP contribution in [0.1, 0.15) is 25.3 Å². The Hall–Kier alpha value is -2.94. The molecule has 3 rings (SSSR count). The third-order valence-corrected chi connectivity index (χ3v) is 4.77. The molecule has 2 heterocycles. The van der Waals surface area contributed by atoms with Crippen molar-refractivity contribution in [2.45, 2.75) is 31.9 Å². The average Bonchev–Trinajstić information content (AvgIpc) is 3.06. The van der Waals surface area contributed by atoms with Gasteiger partial charge in [0.25, 0.3) is 0 Å². The van der Waals surface area contributed by atoms with Gasteiger partial charge < -0.3 is 20.5 Å². The number of carbonyl (C=O) groups is 3. The zero-order valence-electron chi connectivity index (χ0n) is 15.4. The number of allylic oxidation sites excluding steroid dienone is 1. The van der Waals surface area contributed by atoms with E-state index in [2.05, 4.69) is 10.6 Å². The summed E-state index contributed by atoms with van der Waals surface area (Å²) < 4.78 is 19.9. The Balaban J connectivity index is 1.69. The minimum atomic E-state index is -0.591. The van der Waals surface area contributed by atoms with E-state index in [0.717, 1.165) is 0 Å². The van der Waals surface area contributed by atoms with Crippen molar-refractivity contribution in [3.05, 3.63) is 35.8 Å². The molecule has 150 valence electrons. The van der Waals surface area contributed by atoms with Crippen LogP contribution >= 0.6 is 0 Å². The Morgan fingerprint density at radius 2 is 2.21 bits per heavy atom. The number of carbonyl (C=O) groups excluding carboxylic acids is 3. The van der Waals surface area contributed by atoms with E-state index < -0.39 is 30.7 Å². The fraction of sp³-hybridized carbons (Fsp3) is 0.421. The van der Waals surface area contributed by atoms with Crippen molar-refractivity contribution >= 4 is 29.0 Å². The molecule has 0 saturated carbocycles. The van der Waals surface area contributed by atoms with Gasteiger partial charge in [0.15, 0.2) is 5.78 Å². The van der Waals surface area contributed by atoms with Crippen LogP contribution in [-0.4, -0.2) is 54.7 Å². The smallest absolute Gasteiger partial charge is 0.414 e. The van der Waals surface area contributed by atoms with E-state index in [9.17, 15) is 18.8 Å². The van der Waals surface area contributed by atoms with E-state index in [4.69, 9.17) is 9.84 Å². The second kappa shape index (κ2) is 8.39. The molecule has 0 radical (unpaired) electrons. The molecule has 0 aromatic heterocycles. The third kappa shape index (κ3) is 4.30. The zero-order valence-corrected chi connectivity index (χ0v) is 15.4. The van der Waals surface area contributed by atoms with Crippen LogP contribution in [0.2, 0.25) is 0 Å². The predicted molar refractivity (Wildman–Crippen MR) is 98.9 cm³/mol. The molecule has 1 unspecified atom stereocenters. The summed E-state index contributed by atoms with van der Waals surface area (Å²) in [7, 11) is 0. The molecular formula is C19H22FN3O5. The van der Waals surface area contributed by atoms with E-state index in [0.29, 0.717) is 29.7 Å². The largest absolute Gasteiger partial charge is 0.442 e. The van der Waals surface area contributed by atoms with Gasteiger partial charge in [-0.3, -0.25) is 14.5 Å². The predicted octanol–water partition coefficient (Wildman–Crippen LogP) is 0.941. The standard InChI is InChI=1S/C19H22FN3O5/c1-11(25)21-8-14-9-23(19(27)28-14)13-3-4-15(16(20)6-13)12-2-5-17(22-7-12)18(26)10-24/h3-4,6-7,14,17,22,24H,2,5,8-10H2,1H3,(H,21,25)/t14-,17?/m0/s1. The lowest BCUT2D eigenvalue weighted by atomic mass is 9.94. The van der Waals surface area contributed by atoms with E-state index in [-0.39, 0.29) is 24.8 Å². The molecule has 1 fully saturated rings. The van der Waals surface area contributed by atoms with E-state index in [1.807, 2.05) is 0 Å². The highest BCUT2D eigenvalue weighted by molar-refractivity contribution is 5.90. The van der Waals surface area contributed by atoms with E-state index >= 15 is 0 Å². The fourth-order valence-corrected chi connectivity index (χ4v) is 3.26. The Morgan fingerprint density at radius 1 is 1.43 bits per heavy atom. The quantitative estimate of drug-likeness (QED) is 0.666. The minimum absolute atomic E-state index is 0.199. The number of amides is 2. The van der Waals surface area contributed by atoms with Gasteiger partial charge in [-0.15, -0.1) is 0 Å². The van der Waals surface area contributed by atoms with Gasteiger partial charge in [0, 0.05) is 18.7 Å². The second-order valence-corrected chi connectivity index (χ2v) is 6.77. The number of nitrogens with one attached hydrogen (secondary N) is 2. The highest BCUT2D eigenvalue weighted by Crippen LogP contribution is 2.30. The maximum Gasteiger partial charge on any atom is 0.414 e. The van der Waals surface area contributed by atoms with Crippen LogP contribution < -0.4 is 15.5 Å². The van der Waals surface area contributed by atoms with Gasteiger partial charge in [-0.2, -0.15) is 0 Å². The molecule has 28 heavy (non-hydrogen) atoms. The van der Waals surface area contributed by atoms with Gasteiger partial charge in [0.1, 0.15) is 18.5 Å². The van der Waals surface area contributed by atoms with Crippen LogP contribution in [0.15, 0.2) is 24.4 Å². The SMILES string of the molecule is CC(=O)NC[C@H]1CN(c2ccc(C3=CNC(C(=O)CO)CC3)c(F)c2)C(=O)O1. The van der Waals surface area contributed by atoms with Crippen LogP contribution in [0.25, 0.3) is 5.57 Å². The van der Waals surface area contributed by atoms with Crippen molar-refractivity contribution in [2.75, 3.05) is 24.6 Å². The number of rotatable bonds is 6. The van der Waals surface area contributed by atoms with Crippen LogP contribution in [0.4, 0.5) is 14.9 Å². The van der Waals surface area contributed by atoms with Crippen LogP contribution in [0.3, 0.4) is 0 Å². The molecule has 8 nitrogen and oxygen atoms in total. The number of benzene rings is 1. The first-order valence-electron chi connectivity index (χ1n) is 9.00. The molecule has 2 aliphatic rings. The number of aliphatic hydroxyl groups is 1.